The smallest absolute Gasteiger partial charge is 0.337 e. The molecular formula is C24H26N4O5. The zero-order valence-electron chi connectivity index (χ0n) is 18.9. The molecule has 3 rings (SSSR count). The number of benzene rings is 1. The molecule has 2 N–H and O–H groups in total. The summed E-state index contributed by atoms with van der Waals surface area (Å²) in [5.74, 6) is -1.03. The Morgan fingerprint density at radius 3 is 2.58 bits per heavy atom. The first-order valence-electron chi connectivity index (χ1n) is 10.3. The molecule has 9 nitrogen and oxygen atoms in total. The molecule has 2 heterocycles. The molecule has 0 spiro atoms. The highest BCUT2D eigenvalue weighted by Crippen LogP contribution is 2.21. The number of hydrogen-bond donors (Lipinski definition) is 1. The lowest BCUT2D eigenvalue weighted by Gasteiger charge is -2.22. The number of pyridine rings is 1. The highest BCUT2D eigenvalue weighted by molar-refractivity contribution is 5.89. The van der Waals surface area contributed by atoms with E-state index in [-0.39, 0.29) is 12.1 Å². The van der Waals surface area contributed by atoms with E-state index in [4.69, 9.17) is 15.2 Å². The van der Waals surface area contributed by atoms with Crippen LogP contribution in [0.15, 0.2) is 59.7 Å². The average molecular weight is 450 g/mol. The van der Waals surface area contributed by atoms with Crippen LogP contribution in [0.1, 0.15) is 48.3 Å². The minimum absolute atomic E-state index is 0.155. The van der Waals surface area contributed by atoms with Crippen molar-refractivity contribution in [3.8, 4) is 11.3 Å². The molecule has 0 fully saturated rings. The number of ether oxygens (including phenoxy) is 2. The van der Waals surface area contributed by atoms with Gasteiger partial charge in [0.2, 0.25) is 0 Å². The first kappa shape index (κ1) is 23.8. The van der Waals surface area contributed by atoms with E-state index in [9.17, 15) is 14.4 Å². The minimum atomic E-state index is -1.01. The van der Waals surface area contributed by atoms with Gasteiger partial charge in [-0.25, -0.2) is 14.3 Å². The fourth-order valence-electron chi connectivity index (χ4n) is 3.07. The van der Waals surface area contributed by atoms with Gasteiger partial charge in [0.1, 0.15) is 11.6 Å². The van der Waals surface area contributed by atoms with Gasteiger partial charge in [-0.3, -0.25) is 9.78 Å². The summed E-state index contributed by atoms with van der Waals surface area (Å²) in [6, 6.07) is 10.4. The molecule has 9 heteroatoms. The predicted molar refractivity (Wildman–Crippen MR) is 121 cm³/mol. The van der Waals surface area contributed by atoms with Crippen LogP contribution in [0.2, 0.25) is 0 Å². The summed E-state index contributed by atoms with van der Waals surface area (Å²) in [7, 11) is 1.31. The molecule has 0 saturated heterocycles. The Kier molecular flexibility index (Phi) is 7.03. The molecule has 2 aromatic heterocycles. The Bertz CT molecular complexity index is 1230. The van der Waals surface area contributed by atoms with Crippen molar-refractivity contribution >= 4 is 11.9 Å². The topological polar surface area (TPSA) is 126 Å². The van der Waals surface area contributed by atoms with Gasteiger partial charge in [-0.2, -0.15) is 5.10 Å². The maximum Gasteiger partial charge on any atom is 0.337 e. The Balaban J connectivity index is 1.88. The number of carbonyl (C=O) groups is 2. The van der Waals surface area contributed by atoms with E-state index >= 15 is 0 Å². The van der Waals surface area contributed by atoms with Crippen LogP contribution in [-0.4, -0.2) is 39.4 Å². The van der Waals surface area contributed by atoms with Gasteiger partial charge in [0.05, 0.1) is 24.9 Å². The lowest BCUT2D eigenvalue weighted by molar-refractivity contribution is -0.156. The van der Waals surface area contributed by atoms with E-state index in [1.807, 2.05) is 0 Å². The molecule has 1 atom stereocenters. The number of nitrogens with zero attached hydrogens (tertiary/aromatic N) is 3. The van der Waals surface area contributed by atoms with Crippen molar-refractivity contribution in [2.75, 3.05) is 7.11 Å². The highest BCUT2D eigenvalue weighted by Gasteiger charge is 2.24. The number of nitrogens with two attached hydrogens (primary N) is 1. The van der Waals surface area contributed by atoms with Crippen molar-refractivity contribution in [2.24, 2.45) is 5.73 Å². The summed E-state index contributed by atoms with van der Waals surface area (Å²) >= 11 is 0. The van der Waals surface area contributed by atoms with Gasteiger partial charge in [0.15, 0.2) is 0 Å². The van der Waals surface area contributed by atoms with E-state index in [2.05, 4.69) is 10.1 Å². The summed E-state index contributed by atoms with van der Waals surface area (Å²) in [5.41, 5.74) is 7.72. The van der Waals surface area contributed by atoms with Gasteiger partial charge < -0.3 is 15.2 Å². The lowest BCUT2D eigenvalue weighted by Crippen LogP contribution is -2.31. The molecule has 1 unspecified atom stereocenters. The van der Waals surface area contributed by atoms with E-state index in [0.29, 0.717) is 27.9 Å². The molecule has 0 radical (unpaired) electrons. The van der Waals surface area contributed by atoms with Crippen molar-refractivity contribution in [3.05, 3.63) is 81.9 Å². The molecule has 0 bridgehead atoms. The fourth-order valence-corrected chi connectivity index (χ4v) is 3.07. The van der Waals surface area contributed by atoms with Gasteiger partial charge in [0, 0.05) is 24.0 Å². The first-order valence-corrected chi connectivity index (χ1v) is 10.3. The zero-order chi connectivity index (χ0) is 24.2. The molecular weight excluding hydrogens is 424 g/mol. The van der Waals surface area contributed by atoms with Crippen LogP contribution in [0, 0.1) is 0 Å². The third-order valence-corrected chi connectivity index (χ3v) is 4.62. The Morgan fingerprint density at radius 1 is 1.12 bits per heavy atom. The van der Waals surface area contributed by atoms with E-state index in [1.54, 1.807) is 63.4 Å². The third kappa shape index (κ3) is 6.11. The van der Waals surface area contributed by atoms with Crippen molar-refractivity contribution in [2.45, 2.75) is 39.0 Å². The average Bonchev–Trinajstić information content (AvgIpc) is 2.78. The standard InChI is InChI=1S/C24H26N4O5/c1-24(2,3)33-23(31)21(25)18-11-17(12-26-13-18)19-8-9-20(29)28(27-19)14-15-6-5-7-16(10-15)22(30)32-4/h5-13,21H,14,25H2,1-4H3. The molecule has 3 aromatic rings. The largest absolute Gasteiger partial charge is 0.465 e. The number of aromatic nitrogens is 3. The number of methoxy groups -OCH3 is 1. The molecule has 1 aromatic carbocycles. The highest BCUT2D eigenvalue weighted by atomic mass is 16.6. The van der Waals surface area contributed by atoms with Gasteiger partial charge in [0.25, 0.3) is 5.56 Å². The fraction of sp³-hybridized carbons (Fsp3) is 0.292. The van der Waals surface area contributed by atoms with Crippen LogP contribution in [0.4, 0.5) is 0 Å². The maximum atomic E-state index is 12.4. The van der Waals surface area contributed by atoms with Gasteiger partial charge in [-0.15, -0.1) is 0 Å². The van der Waals surface area contributed by atoms with Crippen LogP contribution in [0.5, 0.6) is 0 Å². The third-order valence-electron chi connectivity index (χ3n) is 4.62. The SMILES string of the molecule is COC(=O)c1cccc(Cn2nc(-c3cncc(C(N)C(=O)OC(C)(C)C)c3)ccc2=O)c1. The van der Waals surface area contributed by atoms with Gasteiger partial charge >= 0.3 is 11.9 Å². The van der Waals surface area contributed by atoms with Gasteiger partial charge in [-0.05, 0) is 56.2 Å². The van der Waals surface area contributed by atoms with Crippen LogP contribution in [0.3, 0.4) is 0 Å². The van der Waals surface area contributed by atoms with Crippen molar-refractivity contribution in [1.82, 2.24) is 14.8 Å². The second kappa shape index (κ2) is 9.74. The van der Waals surface area contributed by atoms with Crippen molar-refractivity contribution < 1.29 is 19.1 Å². The van der Waals surface area contributed by atoms with Crippen LogP contribution in [0.25, 0.3) is 11.3 Å². The van der Waals surface area contributed by atoms with E-state index in [0.717, 1.165) is 0 Å². The predicted octanol–water partition coefficient (Wildman–Crippen LogP) is 2.48. The second-order valence-electron chi connectivity index (χ2n) is 8.42. The first-order chi connectivity index (χ1) is 15.6. The Morgan fingerprint density at radius 2 is 1.88 bits per heavy atom. The normalized spacial score (nSPS) is 12.2. The molecule has 0 aliphatic heterocycles. The summed E-state index contributed by atoms with van der Waals surface area (Å²) in [5, 5.41) is 4.43. The lowest BCUT2D eigenvalue weighted by atomic mass is 10.1. The summed E-state index contributed by atoms with van der Waals surface area (Å²) in [4.78, 5) is 40.7. The van der Waals surface area contributed by atoms with Crippen molar-refractivity contribution in [1.29, 1.82) is 0 Å². The monoisotopic (exact) mass is 450 g/mol. The maximum absolute atomic E-state index is 12.4. The number of rotatable bonds is 6. The number of carbonyl (C=O) groups excluding carboxylic acids is 2. The Labute approximate surface area is 191 Å². The van der Waals surface area contributed by atoms with Crippen LogP contribution in [-0.2, 0) is 20.8 Å². The quantitative estimate of drug-likeness (QED) is 0.568. The summed E-state index contributed by atoms with van der Waals surface area (Å²) < 4.78 is 11.4. The Hall–Kier alpha value is -3.85. The second-order valence-corrected chi connectivity index (χ2v) is 8.42. The molecule has 0 aliphatic carbocycles. The summed E-state index contributed by atoms with van der Waals surface area (Å²) in [6.45, 7) is 5.45. The van der Waals surface area contributed by atoms with Crippen LogP contribution >= 0.6 is 0 Å². The minimum Gasteiger partial charge on any atom is -0.465 e. The number of hydrogen-bond acceptors (Lipinski definition) is 8. The van der Waals surface area contributed by atoms with Crippen molar-refractivity contribution in [3.63, 3.8) is 0 Å². The molecule has 0 saturated carbocycles. The summed E-state index contributed by atoms with van der Waals surface area (Å²) in [6.07, 6.45) is 3.06. The molecule has 33 heavy (non-hydrogen) atoms. The zero-order valence-corrected chi connectivity index (χ0v) is 18.9. The molecule has 0 amide bonds. The van der Waals surface area contributed by atoms with Gasteiger partial charge in [-0.1, -0.05) is 12.1 Å². The van der Waals surface area contributed by atoms with Crippen LogP contribution < -0.4 is 11.3 Å². The molecule has 0 aliphatic rings. The number of esters is 2. The van der Waals surface area contributed by atoms with E-state index < -0.39 is 23.6 Å². The molecule has 172 valence electrons. The van der Waals surface area contributed by atoms with E-state index in [1.165, 1.54) is 24.1 Å².